The van der Waals surface area contributed by atoms with E-state index in [1.54, 1.807) is 0 Å². The minimum atomic E-state index is -1.58. The molecule has 0 radical (unpaired) electrons. The molecule has 1 fully saturated rings. The van der Waals surface area contributed by atoms with Gasteiger partial charge in [-0.05, 0) is 31.0 Å². The van der Waals surface area contributed by atoms with Crippen molar-refractivity contribution in [1.29, 1.82) is 0 Å². The lowest BCUT2D eigenvalue weighted by Gasteiger charge is -2.41. The van der Waals surface area contributed by atoms with E-state index < -0.39 is 8.32 Å². The Bertz CT molecular complexity index is 232. The lowest BCUT2D eigenvalue weighted by molar-refractivity contribution is 0.0928. The third kappa shape index (κ3) is 4.55. The van der Waals surface area contributed by atoms with E-state index >= 15 is 0 Å². The van der Waals surface area contributed by atoms with E-state index in [-0.39, 0.29) is 0 Å². The van der Waals surface area contributed by atoms with Gasteiger partial charge in [-0.15, -0.1) is 11.6 Å². The molecule has 4 heteroatoms. The predicted octanol–water partition coefficient (Wildman–Crippen LogP) is 3.71. The van der Waals surface area contributed by atoms with Crippen LogP contribution in [0.15, 0.2) is 0 Å². The van der Waals surface area contributed by atoms with Crippen LogP contribution >= 0.6 is 11.6 Å². The first-order chi connectivity index (χ1) is 7.76. The molecule has 102 valence electrons. The molecule has 0 aromatic heterocycles. The van der Waals surface area contributed by atoms with Crippen LogP contribution in [0.2, 0.25) is 18.1 Å². The summed E-state index contributed by atoms with van der Waals surface area (Å²) in [4.78, 5) is 2.44. The summed E-state index contributed by atoms with van der Waals surface area (Å²) in [7, 11) is -1.58. The zero-order chi connectivity index (χ0) is 13.1. The molecule has 1 rings (SSSR count). The van der Waals surface area contributed by atoms with Crippen molar-refractivity contribution in [3.63, 3.8) is 0 Å². The summed E-state index contributed by atoms with van der Waals surface area (Å²) in [5, 5.41) is 0.320. The number of piperidine rings is 1. The minimum Gasteiger partial charge on any atom is -0.414 e. The Hall–Kier alpha value is 0.427. The molecule has 0 spiro atoms. The van der Waals surface area contributed by atoms with Crippen molar-refractivity contribution < 1.29 is 4.43 Å². The molecule has 0 unspecified atom stereocenters. The largest absolute Gasteiger partial charge is 0.414 e. The van der Waals surface area contributed by atoms with Gasteiger partial charge in [-0.3, -0.25) is 0 Å². The normalized spacial score (nSPS) is 20.8. The standard InChI is InChI=1S/C13H28ClNOSi/c1-13(2,3)17(4,5)16-12-6-9-15(10-7-12)11-8-14/h12H,6-11H2,1-5H3. The first-order valence-corrected chi connectivity index (χ1v) is 10.2. The Kier molecular flexibility index (Phi) is 5.51. The number of alkyl halides is 1. The third-order valence-corrected chi connectivity index (χ3v) is 8.91. The topological polar surface area (TPSA) is 12.5 Å². The molecule has 1 heterocycles. The van der Waals surface area contributed by atoms with Crippen molar-refractivity contribution in [1.82, 2.24) is 4.90 Å². The molecule has 0 N–H and O–H groups in total. The minimum absolute atomic E-state index is 0.320. The first-order valence-electron chi connectivity index (χ1n) is 6.72. The van der Waals surface area contributed by atoms with Gasteiger partial charge in [0.2, 0.25) is 0 Å². The molecule has 0 bridgehead atoms. The van der Waals surface area contributed by atoms with E-state index in [2.05, 4.69) is 38.8 Å². The molecule has 1 aliphatic rings. The predicted molar refractivity (Wildman–Crippen MR) is 78.5 cm³/mol. The molecule has 0 amide bonds. The van der Waals surface area contributed by atoms with Gasteiger partial charge in [0.1, 0.15) is 0 Å². The summed E-state index contributed by atoms with van der Waals surface area (Å²) in [5.74, 6) is 0.744. The maximum atomic E-state index is 6.45. The zero-order valence-electron chi connectivity index (χ0n) is 12.1. The van der Waals surface area contributed by atoms with Crippen LogP contribution in [-0.4, -0.2) is 44.8 Å². The number of likely N-dealkylation sites (tertiary alicyclic amines) is 1. The average molecular weight is 278 g/mol. The maximum absolute atomic E-state index is 6.45. The summed E-state index contributed by atoms with van der Waals surface area (Å²) in [5.41, 5.74) is 0. The SMILES string of the molecule is CC(C)(C)[Si](C)(C)OC1CCN(CCCl)CC1. The molecular weight excluding hydrogens is 250 g/mol. The Labute approximate surface area is 113 Å². The van der Waals surface area contributed by atoms with E-state index in [4.69, 9.17) is 16.0 Å². The van der Waals surface area contributed by atoms with E-state index in [1.165, 1.54) is 12.8 Å². The van der Waals surface area contributed by atoms with Gasteiger partial charge in [-0.25, -0.2) is 0 Å². The third-order valence-electron chi connectivity index (χ3n) is 4.20. The van der Waals surface area contributed by atoms with Crippen LogP contribution in [0.1, 0.15) is 33.6 Å². The van der Waals surface area contributed by atoms with E-state index in [0.29, 0.717) is 11.1 Å². The van der Waals surface area contributed by atoms with Crippen molar-refractivity contribution in [3.05, 3.63) is 0 Å². The van der Waals surface area contributed by atoms with Gasteiger partial charge in [0.05, 0.1) is 0 Å². The van der Waals surface area contributed by atoms with Crippen LogP contribution in [0.4, 0.5) is 0 Å². The zero-order valence-corrected chi connectivity index (χ0v) is 13.8. The van der Waals surface area contributed by atoms with Crippen molar-refractivity contribution in [2.45, 2.75) is 57.8 Å². The fraction of sp³-hybridized carbons (Fsp3) is 1.00. The smallest absolute Gasteiger partial charge is 0.192 e. The lowest BCUT2D eigenvalue weighted by Crippen LogP contribution is -2.47. The Morgan fingerprint density at radius 1 is 1.24 bits per heavy atom. The fourth-order valence-electron chi connectivity index (χ4n) is 1.96. The summed E-state index contributed by atoms with van der Waals surface area (Å²) in [6, 6.07) is 0. The van der Waals surface area contributed by atoms with E-state index in [9.17, 15) is 0 Å². The summed E-state index contributed by atoms with van der Waals surface area (Å²) in [6.07, 6.45) is 2.81. The van der Waals surface area contributed by atoms with Gasteiger partial charge in [0.25, 0.3) is 0 Å². The Balaban J connectivity index is 2.40. The van der Waals surface area contributed by atoms with Gasteiger partial charge in [-0.1, -0.05) is 20.8 Å². The monoisotopic (exact) mass is 277 g/mol. The van der Waals surface area contributed by atoms with Crippen LogP contribution in [0.3, 0.4) is 0 Å². The van der Waals surface area contributed by atoms with Gasteiger partial charge in [0, 0.05) is 31.6 Å². The van der Waals surface area contributed by atoms with Gasteiger partial charge >= 0.3 is 0 Å². The highest BCUT2D eigenvalue weighted by Gasteiger charge is 2.39. The number of rotatable bonds is 4. The Morgan fingerprint density at radius 3 is 2.18 bits per heavy atom. The second kappa shape index (κ2) is 6.05. The van der Waals surface area contributed by atoms with E-state index in [0.717, 1.165) is 25.5 Å². The van der Waals surface area contributed by atoms with Crippen molar-refractivity contribution in [2.24, 2.45) is 0 Å². The highest BCUT2D eigenvalue weighted by atomic mass is 35.5. The van der Waals surface area contributed by atoms with Gasteiger partial charge < -0.3 is 9.33 Å². The van der Waals surface area contributed by atoms with E-state index in [1.807, 2.05) is 0 Å². The number of nitrogens with zero attached hydrogens (tertiary/aromatic N) is 1. The molecule has 0 aromatic rings. The van der Waals surface area contributed by atoms with Crippen LogP contribution in [0.5, 0.6) is 0 Å². The maximum Gasteiger partial charge on any atom is 0.192 e. The average Bonchev–Trinajstić information content (AvgIpc) is 2.19. The van der Waals surface area contributed by atoms with Crippen LogP contribution in [0, 0.1) is 0 Å². The molecule has 2 nitrogen and oxygen atoms in total. The molecule has 0 saturated carbocycles. The molecule has 0 aliphatic carbocycles. The highest BCUT2D eigenvalue weighted by Crippen LogP contribution is 2.38. The number of hydrogen-bond acceptors (Lipinski definition) is 2. The molecule has 1 saturated heterocycles. The van der Waals surface area contributed by atoms with Crippen LogP contribution in [0.25, 0.3) is 0 Å². The second-order valence-corrected chi connectivity index (χ2v) is 11.7. The highest BCUT2D eigenvalue weighted by molar-refractivity contribution is 6.74. The molecule has 1 aliphatic heterocycles. The van der Waals surface area contributed by atoms with Crippen LogP contribution in [-0.2, 0) is 4.43 Å². The van der Waals surface area contributed by atoms with Crippen molar-refractivity contribution in [3.8, 4) is 0 Å². The summed E-state index contributed by atoms with van der Waals surface area (Å²) in [6.45, 7) is 14.9. The lowest BCUT2D eigenvalue weighted by atomic mass is 10.1. The summed E-state index contributed by atoms with van der Waals surface area (Å²) >= 11 is 5.77. The second-order valence-electron chi connectivity index (χ2n) is 6.61. The molecular formula is C13H28ClNOSi. The van der Waals surface area contributed by atoms with Crippen molar-refractivity contribution >= 4 is 19.9 Å². The van der Waals surface area contributed by atoms with Gasteiger partial charge in [0.15, 0.2) is 8.32 Å². The fourth-order valence-corrected chi connectivity index (χ4v) is 3.63. The number of halogens is 1. The van der Waals surface area contributed by atoms with Crippen molar-refractivity contribution in [2.75, 3.05) is 25.5 Å². The number of hydrogen-bond donors (Lipinski definition) is 0. The molecule has 17 heavy (non-hydrogen) atoms. The van der Waals surface area contributed by atoms with Crippen LogP contribution < -0.4 is 0 Å². The first kappa shape index (κ1) is 15.5. The molecule has 0 aromatic carbocycles. The Morgan fingerprint density at radius 2 is 1.76 bits per heavy atom. The quantitative estimate of drug-likeness (QED) is 0.574. The molecule has 0 atom stereocenters. The summed E-state index contributed by atoms with van der Waals surface area (Å²) < 4.78 is 6.45. The van der Waals surface area contributed by atoms with Gasteiger partial charge in [-0.2, -0.15) is 0 Å².